The van der Waals surface area contributed by atoms with Crippen LogP contribution in [0.25, 0.3) is 11.3 Å². The van der Waals surface area contributed by atoms with Gasteiger partial charge >= 0.3 is 5.69 Å². The summed E-state index contributed by atoms with van der Waals surface area (Å²) in [5, 5.41) is 7.43. The van der Waals surface area contributed by atoms with Gasteiger partial charge in [0.1, 0.15) is 6.04 Å². The van der Waals surface area contributed by atoms with E-state index in [0.29, 0.717) is 16.4 Å². The molecule has 6 nitrogen and oxygen atoms in total. The molecule has 7 heteroatoms. The highest BCUT2D eigenvalue weighted by Gasteiger charge is 2.19. The first-order valence-electron chi connectivity index (χ1n) is 8.45. The molecule has 1 atom stereocenters. The molecule has 0 saturated carbocycles. The van der Waals surface area contributed by atoms with Crippen LogP contribution < -0.4 is 11.0 Å². The molecule has 0 aliphatic heterocycles. The maximum atomic E-state index is 12.5. The Bertz CT molecular complexity index is 1040. The predicted molar refractivity (Wildman–Crippen MR) is 106 cm³/mol. The summed E-state index contributed by atoms with van der Waals surface area (Å²) in [5.41, 5.74) is 3.25. The van der Waals surface area contributed by atoms with Crippen LogP contribution >= 0.6 is 11.6 Å². The average Bonchev–Trinajstić information content (AvgIpc) is 2.64. The minimum absolute atomic E-state index is 0.375. The van der Waals surface area contributed by atoms with E-state index in [2.05, 4.69) is 15.4 Å². The zero-order valence-electron chi connectivity index (χ0n) is 15.2. The van der Waals surface area contributed by atoms with Gasteiger partial charge in [-0.05, 0) is 38.5 Å². The van der Waals surface area contributed by atoms with E-state index in [1.54, 1.807) is 19.1 Å². The van der Waals surface area contributed by atoms with Gasteiger partial charge in [-0.25, -0.2) is 9.48 Å². The number of anilines is 1. The fourth-order valence-corrected chi connectivity index (χ4v) is 2.73. The number of aryl methyl sites for hydroxylation is 2. The smallest absolute Gasteiger partial charge is 0.324 e. The Hall–Kier alpha value is -2.99. The van der Waals surface area contributed by atoms with Gasteiger partial charge in [-0.15, -0.1) is 0 Å². The molecule has 3 aromatic rings. The van der Waals surface area contributed by atoms with E-state index in [4.69, 9.17) is 11.6 Å². The number of hydrogen-bond acceptors (Lipinski definition) is 4. The third-order valence-corrected chi connectivity index (χ3v) is 4.50. The summed E-state index contributed by atoms with van der Waals surface area (Å²) in [6, 6.07) is 12.0. The van der Waals surface area contributed by atoms with Crippen LogP contribution in [0.4, 0.5) is 5.69 Å². The summed E-state index contributed by atoms with van der Waals surface area (Å²) in [4.78, 5) is 29.0. The molecule has 0 fully saturated rings. The number of hydrogen-bond donors (Lipinski definition) is 1. The fraction of sp³-hybridized carbons (Fsp3) is 0.200. The van der Waals surface area contributed by atoms with Crippen LogP contribution in [0.2, 0.25) is 5.02 Å². The van der Waals surface area contributed by atoms with Gasteiger partial charge in [-0.1, -0.05) is 47.5 Å². The monoisotopic (exact) mass is 382 g/mol. The third-order valence-electron chi connectivity index (χ3n) is 4.27. The number of nitrogens with one attached hydrogen (secondary N) is 1. The molecule has 3 rings (SSSR count). The number of halogens is 1. The lowest BCUT2D eigenvalue weighted by atomic mass is 10.1. The van der Waals surface area contributed by atoms with Crippen molar-refractivity contribution < 1.29 is 4.79 Å². The number of benzene rings is 2. The van der Waals surface area contributed by atoms with Gasteiger partial charge < -0.3 is 5.32 Å². The van der Waals surface area contributed by atoms with E-state index >= 15 is 0 Å². The second kappa shape index (κ2) is 7.72. The summed E-state index contributed by atoms with van der Waals surface area (Å²) in [7, 11) is 0. The van der Waals surface area contributed by atoms with Gasteiger partial charge in [-0.3, -0.25) is 4.79 Å². The van der Waals surface area contributed by atoms with Crippen molar-refractivity contribution in [3.63, 3.8) is 0 Å². The number of carbonyl (C=O) groups excluding carboxylic acids is 1. The molecule has 0 radical (unpaired) electrons. The molecule has 1 heterocycles. The van der Waals surface area contributed by atoms with E-state index in [9.17, 15) is 9.59 Å². The number of carbonyl (C=O) groups is 1. The highest BCUT2D eigenvalue weighted by Crippen LogP contribution is 2.21. The topological polar surface area (TPSA) is 76.9 Å². The van der Waals surface area contributed by atoms with Crippen LogP contribution in [0, 0.1) is 13.8 Å². The molecule has 0 aliphatic carbocycles. The van der Waals surface area contributed by atoms with Crippen LogP contribution in [0.5, 0.6) is 0 Å². The lowest BCUT2D eigenvalue weighted by Gasteiger charge is -2.15. The third kappa shape index (κ3) is 4.23. The van der Waals surface area contributed by atoms with E-state index in [1.807, 2.05) is 44.2 Å². The zero-order chi connectivity index (χ0) is 19.6. The summed E-state index contributed by atoms with van der Waals surface area (Å²) in [6.45, 7) is 5.44. The Morgan fingerprint density at radius 3 is 2.52 bits per heavy atom. The van der Waals surface area contributed by atoms with Crippen molar-refractivity contribution in [3.8, 4) is 11.3 Å². The Balaban J connectivity index is 1.83. The van der Waals surface area contributed by atoms with Crippen molar-refractivity contribution in [3.05, 3.63) is 75.3 Å². The second-order valence-corrected chi connectivity index (χ2v) is 6.80. The highest BCUT2D eigenvalue weighted by molar-refractivity contribution is 6.31. The van der Waals surface area contributed by atoms with Crippen molar-refractivity contribution >= 4 is 23.2 Å². The molecule has 1 aromatic heterocycles. The Kier molecular flexibility index (Phi) is 5.37. The molecule has 0 bridgehead atoms. The first kappa shape index (κ1) is 18.8. The number of rotatable bonds is 4. The minimum Gasteiger partial charge on any atom is -0.324 e. The molecular weight excluding hydrogens is 364 g/mol. The minimum atomic E-state index is -0.824. The number of nitrogens with zero attached hydrogens (tertiary/aromatic N) is 3. The molecule has 138 valence electrons. The Morgan fingerprint density at radius 1 is 1.15 bits per heavy atom. The molecule has 0 aliphatic rings. The Labute approximate surface area is 161 Å². The highest BCUT2D eigenvalue weighted by atomic mass is 35.5. The van der Waals surface area contributed by atoms with Gasteiger partial charge in [-0.2, -0.15) is 10.1 Å². The van der Waals surface area contributed by atoms with Gasteiger partial charge in [0.05, 0.1) is 11.9 Å². The van der Waals surface area contributed by atoms with Crippen LogP contribution in [0.1, 0.15) is 24.1 Å². The van der Waals surface area contributed by atoms with Gasteiger partial charge in [0.15, 0.2) is 0 Å². The van der Waals surface area contributed by atoms with E-state index in [-0.39, 0.29) is 5.91 Å². The normalized spacial score (nSPS) is 11.9. The summed E-state index contributed by atoms with van der Waals surface area (Å²) in [5.74, 6) is -0.375. The summed E-state index contributed by atoms with van der Waals surface area (Å²) >= 11 is 5.98. The average molecular weight is 383 g/mol. The first-order valence-corrected chi connectivity index (χ1v) is 8.83. The van der Waals surface area contributed by atoms with Crippen LogP contribution in [-0.2, 0) is 4.79 Å². The van der Waals surface area contributed by atoms with Gasteiger partial charge in [0.2, 0.25) is 5.91 Å². The number of amides is 1. The van der Waals surface area contributed by atoms with Crippen molar-refractivity contribution in [1.82, 2.24) is 14.8 Å². The molecule has 1 amide bonds. The van der Waals surface area contributed by atoms with Crippen molar-refractivity contribution in [2.75, 3.05) is 5.32 Å². The molecule has 1 N–H and O–H groups in total. The standard InChI is InChI=1S/C20H19ClN4O2/c1-12-4-7-15(8-5-12)18-11-22-25(20(27)24-18)14(3)19(26)23-17-10-16(21)9-6-13(17)2/h4-11,14H,1-3H3,(H,23,26)/t14-/m0/s1. The molecule has 0 saturated heterocycles. The second-order valence-electron chi connectivity index (χ2n) is 6.36. The van der Waals surface area contributed by atoms with Crippen LogP contribution in [0.3, 0.4) is 0 Å². The summed E-state index contributed by atoms with van der Waals surface area (Å²) in [6.07, 6.45) is 1.49. The molecule has 27 heavy (non-hydrogen) atoms. The molecule has 0 unspecified atom stereocenters. The largest absolute Gasteiger partial charge is 0.365 e. The SMILES string of the molecule is Cc1ccc(-c2cnn([C@@H](C)C(=O)Nc3cc(Cl)ccc3C)c(=O)n2)cc1. The Morgan fingerprint density at radius 2 is 1.85 bits per heavy atom. The van der Waals surface area contributed by atoms with Gasteiger partial charge in [0, 0.05) is 16.3 Å². The van der Waals surface area contributed by atoms with Crippen LogP contribution in [0.15, 0.2) is 53.5 Å². The van der Waals surface area contributed by atoms with Crippen molar-refractivity contribution in [2.45, 2.75) is 26.8 Å². The lowest BCUT2D eigenvalue weighted by Crippen LogP contribution is -2.35. The maximum absolute atomic E-state index is 12.5. The number of aromatic nitrogens is 3. The van der Waals surface area contributed by atoms with Crippen molar-refractivity contribution in [2.24, 2.45) is 0 Å². The van der Waals surface area contributed by atoms with Crippen LogP contribution in [-0.4, -0.2) is 20.7 Å². The lowest BCUT2D eigenvalue weighted by molar-refractivity contribution is -0.119. The van der Waals surface area contributed by atoms with Gasteiger partial charge in [0.25, 0.3) is 0 Å². The molecule has 0 spiro atoms. The van der Waals surface area contributed by atoms with Crippen molar-refractivity contribution in [1.29, 1.82) is 0 Å². The van der Waals surface area contributed by atoms with E-state index < -0.39 is 11.7 Å². The zero-order valence-corrected chi connectivity index (χ0v) is 16.0. The first-order chi connectivity index (χ1) is 12.8. The van der Waals surface area contributed by atoms with E-state index in [0.717, 1.165) is 21.4 Å². The summed E-state index contributed by atoms with van der Waals surface area (Å²) < 4.78 is 1.06. The fourth-order valence-electron chi connectivity index (χ4n) is 2.56. The molecule has 2 aromatic carbocycles. The maximum Gasteiger partial charge on any atom is 0.365 e. The predicted octanol–water partition coefficient (Wildman–Crippen LogP) is 3.78. The van der Waals surface area contributed by atoms with E-state index in [1.165, 1.54) is 6.20 Å². The molecular formula is C20H19ClN4O2. The quantitative estimate of drug-likeness (QED) is 0.745.